The molecule has 0 radical (unpaired) electrons. The highest BCUT2D eigenvalue weighted by Crippen LogP contribution is 2.33. The Morgan fingerprint density at radius 2 is 1.90 bits per heavy atom. The summed E-state index contributed by atoms with van der Waals surface area (Å²) in [6.45, 7) is -0.406. The number of benzene rings is 2. The number of nitrogens with one attached hydrogen (secondary N) is 1. The van der Waals surface area contributed by atoms with Crippen molar-refractivity contribution in [3.8, 4) is 5.75 Å². The van der Waals surface area contributed by atoms with Gasteiger partial charge in [-0.25, -0.2) is 0 Å². The molecule has 2 amide bonds. The zero-order valence-corrected chi connectivity index (χ0v) is 16.1. The number of methoxy groups -OCH3 is 1. The highest BCUT2D eigenvalue weighted by Gasteiger charge is 2.37. The molecule has 0 aromatic heterocycles. The number of nitrogens with zero attached hydrogens (tertiary/aromatic N) is 2. The second-order valence-electron chi connectivity index (χ2n) is 6.54. The third kappa shape index (κ3) is 4.72. The van der Waals surface area contributed by atoms with Crippen LogP contribution in [0.25, 0.3) is 0 Å². The lowest BCUT2D eigenvalue weighted by molar-refractivity contribution is -0.384. The number of amides is 2. The largest absolute Gasteiger partial charge is 0.495 e. The van der Waals surface area contributed by atoms with Gasteiger partial charge in [0.15, 0.2) is 6.61 Å². The average Bonchev–Trinajstić information content (AvgIpc) is 3.14. The Morgan fingerprint density at radius 3 is 2.57 bits per heavy atom. The van der Waals surface area contributed by atoms with Crippen LogP contribution in [0.2, 0.25) is 0 Å². The van der Waals surface area contributed by atoms with Crippen molar-refractivity contribution in [1.82, 2.24) is 0 Å². The van der Waals surface area contributed by atoms with E-state index in [0.717, 1.165) is 0 Å². The number of para-hydroxylation sites is 2. The molecule has 0 saturated carbocycles. The van der Waals surface area contributed by atoms with Crippen molar-refractivity contribution < 1.29 is 28.8 Å². The van der Waals surface area contributed by atoms with Crippen LogP contribution in [0.15, 0.2) is 48.5 Å². The molecule has 1 atom stereocenters. The Morgan fingerprint density at radius 1 is 1.20 bits per heavy atom. The summed E-state index contributed by atoms with van der Waals surface area (Å²) < 4.78 is 10.3. The van der Waals surface area contributed by atoms with Gasteiger partial charge in [0.25, 0.3) is 11.6 Å². The van der Waals surface area contributed by atoms with Crippen LogP contribution in [0.4, 0.5) is 17.1 Å². The molecule has 1 aliphatic rings. The summed E-state index contributed by atoms with van der Waals surface area (Å²) in [7, 11) is 1.49. The Balaban J connectivity index is 1.53. The van der Waals surface area contributed by atoms with Gasteiger partial charge < -0.3 is 19.7 Å². The molecule has 1 aliphatic heterocycles. The van der Waals surface area contributed by atoms with Gasteiger partial charge in [0.2, 0.25) is 5.91 Å². The van der Waals surface area contributed by atoms with Crippen molar-refractivity contribution in [1.29, 1.82) is 0 Å². The summed E-state index contributed by atoms with van der Waals surface area (Å²) in [5.41, 5.74) is 0.793. The molecule has 0 bridgehead atoms. The third-order valence-electron chi connectivity index (χ3n) is 4.54. The number of anilines is 2. The predicted molar refractivity (Wildman–Crippen MR) is 106 cm³/mol. The lowest BCUT2D eigenvalue weighted by Crippen LogP contribution is -2.28. The number of ether oxygens (including phenoxy) is 2. The molecule has 1 saturated heterocycles. The first-order chi connectivity index (χ1) is 14.4. The Bertz CT molecular complexity index is 975. The molecule has 0 aliphatic carbocycles. The lowest BCUT2D eigenvalue weighted by atomic mass is 10.1. The van der Waals surface area contributed by atoms with Crippen LogP contribution >= 0.6 is 0 Å². The van der Waals surface area contributed by atoms with Gasteiger partial charge in [0.05, 0.1) is 23.6 Å². The van der Waals surface area contributed by atoms with E-state index in [2.05, 4.69) is 5.32 Å². The molecular formula is C20H19N3O7. The smallest absolute Gasteiger partial charge is 0.311 e. The van der Waals surface area contributed by atoms with Gasteiger partial charge in [0.1, 0.15) is 5.75 Å². The first kappa shape index (κ1) is 20.8. The summed E-state index contributed by atoms with van der Waals surface area (Å²) in [5.74, 6) is -1.67. The van der Waals surface area contributed by atoms with Gasteiger partial charge >= 0.3 is 5.97 Å². The van der Waals surface area contributed by atoms with Gasteiger partial charge in [-0.05, 0) is 24.3 Å². The van der Waals surface area contributed by atoms with Gasteiger partial charge in [-0.15, -0.1) is 0 Å². The number of nitro groups is 1. The monoisotopic (exact) mass is 413 g/mol. The third-order valence-corrected chi connectivity index (χ3v) is 4.54. The molecule has 2 aromatic rings. The summed E-state index contributed by atoms with van der Waals surface area (Å²) >= 11 is 0. The number of carbonyl (C=O) groups excluding carboxylic acids is 3. The van der Waals surface area contributed by atoms with Crippen molar-refractivity contribution in [2.45, 2.75) is 6.42 Å². The fourth-order valence-electron chi connectivity index (χ4n) is 3.07. The second-order valence-corrected chi connectivity index (χ2v) is 6.54. The first-order valence-electron chi connectivity index (χ1n) is 9.03. The van der Waals surface area contributed by atoms with Crippen molar-refractivity contribution >= 4 is 34.8 Å². The van der Waals surface area contributed by atoms with Gasteiger partial charge in [-0.2, -0.15) is 0 Å². The van der Waals surface area contributed by atoms with Crippen LogP contribution in [0, 0.1) is 16.0 Å². The van der Waals surface area contributed by atoms with E-state index in [1.54, 1.807) is 24.3 Å². The summed E-state index contributed by atoms with van der Waals surface area (Å²) in [5, 5.41) is 13.1. The van der Waals surface area contributed by atoms with Crippen LogP contribution < -0.4 is 15.0 Å². The van der Waals surface area contributed by atoms with Crippen molar-refractivity contribution in [2.75, 3.05) is 30.5 Å². The molecule has 1 heterocycles. The molecule has 2 aromatic carbocycles. The zero-order chi connectivity index (χ0) is 21.7. The van der Waals surface area contributed by atoms with Gasteiger partial charge in [-0.3, -0.25) is 24.5 Å². The van der Waals surface area contributed by atoms with E-state index in [-0.39, 0.29) is 24.6 Å². The Labute approximate surface area is 171 Å². The number of nitro benzene ring substituents is 1. The number of hydrogen-bond acceptors (Lipinski definition) is 7. The van der Waals surface area contributed by atoms with E-state index in [1.165, 1.54) is 36.3 Å². The number of carbonyl (C=O) groups is 3. The van der Waals surface area contributed by atoms with E-state index in [0.29, 0.717) is 17.1 Å². The fourth-order valence-corrected chi connectivity index (χ4v) is 3.07. The van der Waals surface area contributed by atoms with Crippen LogP contribution in [0.5, 0.6) is 5.75 Å². The number of non-ortho nitro benzene ring substituents is 1. The van der Waals surface area contributed by atoms with E-state index in [9.17, 15) is 24.5 Å². The van der Waals surface area contributed by atoms with Crippen LogP contribution in [-0.4, -0.2) is 43.0 Å². The van der Waals surface area contributed by atoms with E-state index >= 15 is 0 Å². The van der Waals surface area contributed by atoms with E-state index < -0.39 is 29.3 Å². The van der Waals surface area contributed by atoms with Crippen LogP contribution in [0.1, 0.15) is 6.42 Å². The number of rotatable bonds is 7. The standard InChI is InChI=1S/C20H19N3O7/c1-29-17-5-3-2-4-16(17)22-11-13(10-19(22)25)20(26)30-12-18(24)21-14-6-8-15(9-7-14)23(27)28/h2-9,13H,10-12H2,1H3,(H,21,24)/t13-/m1/s1. The first-order valence-corrected chi connectivity index (χ1v) is 9.03. The molecule has 0 spiro atoms. The Kier molecular flexibility index (Phi) is 6.26. The molecule has 3 rings (SSSR count). The lowest BCUT2D eigenvalue weighted by Gasteiger charge is -2.19. The van der Waals surface area contributed by atoms with Crippen LogP contribution in [0.3, 0.4) is 0 Å². The maximum atomic E-state index is 12.3. The minimum Gasteiger partial charge on any atom is -0.495 e. The van der Waals surface area contributed by atoms with Gasteiger partial charge in [-0.1, -0.05) is 12.1 Å². The fraction of sp³-hybridized carbons (Fsp3) is 0.250. The molecular weight excluding hydrogens is 394 g/mol. The second kappa shape index (κ2) is 9.03. The maximum Gasteiger partial charge on any atom is 0.311 e. The summed E-state index contributed by atoms with van der Waals surface area (Å²) in [4.78, 5) is 48.2. The predicted octanol–water partition coefficient (Wildman–Crippen LogP) is 2.14. The minimum absolute atomic E-state index is 0.0269. The van der Waals surface area contributed by atoms with Crippen molar-refractivity contribution in [2.24, 2.45) is 5.92 Å². The molecule has 1 fully saturated rings. The summed E-state index contributed by atoms with van der Waals surface area (Å²) in [6.07, 6.45) is -0.0269. The van der Waals surface area contributed by atoms with Gasteiger partial charge in [0, 0.05) is 30.8 Å². The van der Waals surface area contributed by atoms with Crippen molar-refractivity contribution in [3.63, 3.8) is 0 Å². The molecule has 10 heteroatoms. The quantitative estimate of drug-likeness (QED) is 0.418. The topological polar surface area (TPSA) is 128 Å². The molecule has 156 valence electrons. The number of esters is 1. The Hall–Kier alpha value is -3.95. The minimum atomic E-state index is -0.699. The molecule has 10 nitrogen and oxygen atoms in total. The SMILES string of the molecule is COc1ccccc1N1C[C@H](C(=O)OCC(=O)Nc2ccc([N+](=O)[O-])cc2)CC1=O. The molecule has 30 heavy (non-hydrogen) atoms. The van der Waals surface area contributed by atoms with Crippen molar-refractivity contribution in [3.05, 3.63) is 58.6 Å². The van der Waals surface area contributed by atoms with E-state index in [4.69, 9.17) is 9.47 Å². The summed E-state index contributed by atoms with van der Waals surface area (Å²) in [6, 6.07) is 12.2. The molecule has 0 unspecified atom stereocenters. The zero-order valence-electron chi connectivity index (χ0n) is 16.1. The van der Waals surface area contributed by atoms with Crippen LogP contribution in [-0.2, 0) is 19.1 Å². The normalized spacial score (nSPS) is 15.6. The maximum absolute atomic E-state index is 12.3. The van der Waals surface area contributed by atoms with E-state index in [1.807, 2.05) is 0 Å². The number of hydrogen-bond donors (Lipinski definition) is 1. The average molecular weight is 413 g/mol. The highest BCUT2D eigenvalue weighted by molar-refractivity contribution is 6.01. The highest BCUT2D eigenvalue weighted by atomic mass is 16.6. The molecule has 1 N–H and O–H groups in total.